The molecule has 1 amide bonds. The minimum absolute atomic E-state index is 0.342. The molecule has 0 radical (unpaired) electrons. The van der Waals surface area contributed by atoms with Gasteiger partial charge in [-0.05, 0) is 67.6 Å². The Bertz CT molecular complexity index is 906. The predicted octanol–water partition coefficient (Wildman–Crippen LogP) is 4.05. The van der Waals surface area contributed by atoms with Gasteiger partial charge < -0.3 is 5.32 Å². The molecule has 5 nitrogen and oxygen atoms in total. The van der Waals surface area contributed by atoms with E-state index in [0.29, 0.717) is 17.8 Å². The van der Waals surface area contributed by atoms with Crippen molar-refractivity contribution in [2.24, 2.45) is 0 Å². The van der Waals surface area contributed by atoms with E-state index in [2.05, 4.69) is 12.2 Å². The van der Waals surface area contributed by atoms with Crippen LogP contribution in [0.25, 0.3) is 0 Å². The number of carbonyl (C=O) groups is 1. The van der Waals surface area contributed by atoms with Gasteiger partial charge in [0.25, 0.3) is 0 Å². The summed E-state index contributed by atoms with van der Waals surface area (Å²) in [5, 5.41) is 2.85. The van der Waals surface area contributed by atoms with Gasteiger partial charge in [-0.25, -0.2) is 8.42 Å². The van der Waals surface area contributed by atoms with Crippen LogP contribution in [-0.2, 0) is 21.2 Å². The predicted molar refractivity (Wildman–Crippen MR) is 112 cm³/mol. The fraction of sp³-hybridized carbons (Fsp3) is 0.381. The summed E-state index contributed by atoms with van der Waals surface area (Å²) in [6.07, 6.45) is 2.41. The Kier molecular flexibility index (Phi) is 6.65. The summed E-state index contributed by atoms with van der Waals surface area (Å²) in [5.74, 6) is -0.342. The van der Waals surface area contributed by atoms with Gasteiger partial charge in [0.1, 0.15) is 6.04 Å². The van der Waals surface area contributed by atoms with E-state index in [1.54, 1.807) is 6.07 Å². The van der Waals surface area contributed by atoms with E-state index in [1.165, 1.54) is 9.87 Å². The second-order valence-corrected chi connectivity index (χ2v) is 8.65. The molecule has 2 aromatic carbocycles. The molecule has 0 spiro atoms. The SMILES string of the molecule is CCc1ccc(NC(=O)C(CC)N(c2ccc(C)c(C)c2)S(C)(=O)=O)cc1. The first-order valence-electron chi connectivity index (χ1n) is 9.13. The Morgan fingerprint density at radius 1 is 1.04 bits per heavy atom. The monoisotopic (exact) mass is 388 g/mol. The Morgan fingerprint density at radius 3 is 2.15 bits per heavy atom. The molecular formula is C21H28N2O3S. The molecule has 146 valence electrons. The Balaban J connectivity index is 2.36. The fourth-order valence-corrected chi connectivity index (χ4v) is 4.18. The summed E-state index contributed by atoms with van der Waals surface area (Å²) in [6.45, 7) is 7.77. The van der Waals surface area contributed by atoms with E-state index < -0.39 is 16.1 Å². The maximum absolute atomic E-state index is 12.9. The standard InChI is InChI=1S/C21H28N2O3S/c1-6-17-9-11-18(12-10-17)22-21(24)20(7-2)23(27(5,25)26)19-13-8-15(3)16(4)14-19/h8-14,20H,6-7H2,1-5H3,(H,22,24). The summed E-state index contributed by atoms with van der Waals surface area (Å²) < 4.78 is 26.2. The van der Waals surface area contributed by atoms with Crippen molar-refractivity contribution in [2.75, 3.05) is 15.9 Å². The van der Waals surface area contributed by atoms with Crippen LogP contribution in [0.4, 0.5) is 11.4 Å². The van der Waals surface area contributed by atoms with Crippen molar-refractivity contribution < 1.29 is 13.2 Å². The van der Waals surface area contributed by atoms with Gasteiger partial charge in [0.2, 0.25) is 15.9 Å². The van der Waals surface area contributed by atoms with Gasteiger partial charge in [0, 0.05) is 5.69 Å². The highest BCUT2D eigenvalue weighted by atomic mass is 32.2. The number of benzene rings is 2. The zero-order valence-corrected chi connectivity index (χ0v) is 17.4. The van der Waals surface area contributed by atoms with E-state index in [0.717, 1.165) is 23.8 Å². The first kappa shape index (κ1) is 21.0. The van der Waals surface area contributed by atoms with Crippen molar-refractivity contribution in [3.8, 4) is 0 Å². The maximum Gasteiger partial charge on any atom is 0.248 e. The second kappa shape index (κ2) is 8.57. The molecule has 0 aliphatic rings. The topological polar surface area (TPSA) is 66.5 Å². The number of sulfonamides is 1. The lowest BCUT2D eigenvalue weighted by Crippen LogP contribution is -2.47. The molecule has 0 aliphatic heterocycles. The van der Waals surface area contributed by atoms with Gasteiger partial charge in [-0.2, -0.15) is 0 Å². The number of hydrogen-bond donors (Lipinski definition) is 1. The Hall–Kier alpha value is -2.34. The normalized spacial score (nSPS) is 12.5. The van der Waals surface area contributed by atoms with Gasteiger partial charge in [-0.1, -0.05) is 32.0 Å². The molecular weight excluding hydrogens is 360 g/mol. The Labute approximate surface area is 162 Å². The van der Waals surface area contributed by atoms with E-state index in [1.807, 2.05) is 57.2 Å². The summed E-state index contributed by atoms with van der Waals surface area (Å²) >= 11 is 0. The summed E-state index contributed by atoms with van der Waals surface area (Å²) in [4.78, 5) is 12.9. The fourth-order valence-electron chi connectivity index (χ4n) is 2.97. The molecule has 27 heavy (non-hydrogen) atoms. The minimum Gasteiger partial charge on any atom is -0.324 e. The van der Waals surface area contributed by atoms with Crippen LogP contribution in [0.1, 0.15) is 37.0 Å². The van der Waals surface area contributed by atoms with E-state index >= 15 is 0 Å². The van der Waals surface area contributed by atoms with E-state index in [4.69, 9.17) is 0 Å². The third-order valence-corrected chi connectivity index (χ3v) is 5.88. The molecule has 0 aromatic heterocycles. The molecule has 0 heterocycles. The molecule has 0 fully saturated rings. The van der Waals surface area contributed by atoms with Gasteiger partial charge in [0.05, 0.1) is 11.9 Å². The average Bonchev–Trinajstić information content (AvgIpc) is 2.61. The molecule has 2 rings (SSSR count). The number of amides is 1. The summed E-state index contributed by atoms with van der Waals surface area (Å²) in [6, 6.07) is 12.2. The van der Waals surface area contributed by atoms with Crippen molar-refractivity contribution in [2.45, 2.75) is 46.6 Å². The van der Waals surface area contributed by atoms with Crippen molar-refractivity contribution in [1.29, 1.82) is 0 Å². The highest BCUT2D eigenvalue weighted by Gasteiger charge is 2.31. The zero-order valence-electron chi connectivity index (χ0n) is 16.6. The third kappa shape index (κ3) is 5.10. The second-order valence-electron chi connectivity index (χ2n) is 6.79. The Morgan fingerprint density at radius 2 is 1.67 bits per heavy atom. The molecule has 1 unspecified atom stereocenters. The highest BCUT2D eigenvalue weighted by molar-refractivity contribution is 7.92. The van der Waals surface area contributed by atoms with Gasteiger partial charge in [0.15, 0.2) is 0 Å². The summed E-state index contributed by atoms with van der Waals surface area (Å²) in [5.41, 5.74) is 4.38. The van der Waals surface area contributed by atoms with Crippen LogP contribution in [0, 0.1) is 13.8 Å². The first-order chi connectivity index (χ1) is 12.7. The van der Waals surface area contributed by atoms with Crippen LogP contribution in [0.3, 0.4) is 0 Å². The van der Waals surface area contributed by atoms with Crippen molar-refractivity contribution in [3.63, 3.8) is 0 Å². The maximum atomic E-state index is 12.9. The van der Waals surface area contributed by atoms with Crippen molar-refractivity contribution in [1.82, 2.24) is 0 Å². The van der Waals surface area contributed by atoms with Crippen molar-refractivity contribution in [3.05, 3.63) is 59.2 Å². The molecule has 6 heteroatoms. The number of rotatable bonds is 7. The third-order valence-electron chi connectivity index (χ3n) is 4.70. The number of carbonyl (C=O) groups excluding carboxylic acids is 1. The zero-order chi connectivity index (χ0) is 20.2. The average molecular weight is 389 g/mol. The van der Waals surface area contributed by atoms with Crippen LogP contribution in [0.15, 0.2) is 42.5 Å². The lowest BCUT2D eigenvalue weighted by Gasteiger charge is -2.30. The molecule has 1 atom stereocenters. The molecule has 1 N–H and O–H groups in total. The van der Waals surface area contributed by atoms with Crippen LogP contribution < -0.4 is 9.62 Å². The molecule has 2 aromatic rings. The van der Waals surface area contributed by atoms with Crippen molar-refractivity contribution >= 4 is 27.3 Å². The lowest BCUT2D eigenvalue weighted by atomic mass is 10.1. The summed E-state index contributed by atoms with van der Waals surface area (Å²) in [7, 11) is -3.63. The molecule has 0 aliphatic carbocycles. The largest absolute Gasteiger partial charge is 0.324 e. The van der Waals surface area contributed by atoms with E-state index in [-0.39, 0.29) is 5.91 Å². The molecule has 0 saturated carbocycles. The van der Waals surface area contributed by atoms with Crippen LogP contribution >= 0.6 is 0 Å². The quantitative estimate of drug-likeness (QED) is 0.778. The van der Waals surface area contributed by atoms with Gasteiger partial charge in [-0.15, -0.1) is 0 Å². The van der Waals surface area contributed by atoms with Crippen LogP contribution in [0.2, 0.25) is 0 Å². The number of hydrogen-bond acceptors (Lipinski definition) is 3. The minimum atomic E-state index is -3.63. The molecule has 0 saturated heterocycles. The number of nitrogens with one attached hydrogen (secondary N) is 1. The lowest BCUT2D eigenvalue weighted by molar-refractivity contribution is -0.117. The van der Waals surface area contributed by atoms with Gasteiger partial charge in [-0.3, -0.25) is 9.10 Å². The highest BCUT2D eigenvalue weighted by Crippen LogP contribution is 2.25. The number of aryl methyl sites for hydroxylation is 3. The number of nitrogens with zero attached hydrogens (tertiary/aromatic N) is 1. The number of anilines is 2. The first-order valence-corrected chi connectivity index (χ1v) is 11.0. The smallest absolute Gasteiger partial charge is 0.248 e. The van der Waals surface area contributed by atoms with Crippen LogP contribution in [0.5, 0.6) is 0 Å². The van der Waals surface area contributed by atoms with Gasteiger partial charge >= 0.3 is 0 Å². The van der Waals surface area contributed by atoms with E-state index in [9.17, 15) is 13.2 Å². The van der Waals surface area contributed by atoms with Crippen LogP contribution in [-0.4, -0.2) is 26.6 Å². The molecule has 0 bridgehead atoms.